The number of carbonyl (C=O) groups is 2. The summed E-state index contributed by atoms with van der Waals surface area (Å²) >= 11 is 0. The number of carboxylic acid groups (broad SMARTS) is 2. The number of carboxylic acids is 2. The van der Waals surface area contributed by atoms with Crippen molar-refractivity contribution in [1.82, 2.24) is 4.90 Å². The van der Waals surface area contributed by atoms with Gasteiger partial charge in [-0.25, -0.2) is 0 Å². The van der Waals surface area contributed by atoms with Gasteiger partial charge in [0.25, 0.3) is 0 Å². The van der Waals surface area contributed by atoms with Crippen molar-refractivity contribution in [2.45, 2.75) is 37.1 Å². The van der Waals surface area contributed by atoms with Gasteiger partial charge in [0.1, 0.15) is 0 Å². The molecule has 4 aliphatic rings. The lowest BCUT2D eigenvalue weighted by molar-refractivity contribution is -0.157. The standard InChI is InChI=1S/C31H31NO4/c33-28(34)24(29(35)36)17-30-20-32(18-21-9-3-1-4-10-21)19-27(30)31(22-11-5-2-6-12-22)16-15-25(30)23-13-7-8-14-26(23)31/h1-14,24-25,27H,15-20H2,(H,33,34)(H,35,36). The van der Waals surface area contributed by atoms with Crippen LogP contribution in [0.25, 0.3) is 0 Å². The Kier molecular flexibility index (Phi) is 5.49. The first-order valence-electron chi connectivity index (χ1n) is 12.8. The first-order valence-corrected chi connectivity index (χ1v) is 12.8. The molecule has 0 aromatic heterocycles. The fraction of sp³-hybridized carbons (Fsp3) is 0.355. The topological polar surface area (TPSA) is 77.8 Å². The van der Waals surface area contributed by atoms with E-state index in [4.69, 9.17) is 0 Å². The van der Waals surface area contributed by atoms with Crippen LogP contribution in [-0.4, -0.2) is 40.1 Å². The SMILES string of the molecule is O=C(O)C(CC12CN(Cc3ccccc3)CC1C1(c3ccccc3)CCC2c2ccccc21)C(=O)O. The molecule has 4 atom stereocenters. The Balaban J connectivity index is 1.54. The van der Waals surface area contributed by atoms with Gasteiger partial charge in [-0.1, -0.05) is 84.9 Å². The van der Waals surface area contributed by atoms with Crippen molar-refractivity contribution in [3.63, 3.8) is 0 Å². The zero-order chi connectivity index (χ0) is 24.9. The molecule has 36 heavy (non-hydrogen) atoms. The molecule has 5 heteroatoms. The number of nitrogens with zero attached hydrogens (tertiary/aromatic N) is 1. The minimum absolute atomic E-state index is 0.131. The maximum absolute atomic E-state index is 12.2. The summed E-state index contributed by atoms with van der Waals surface area (Å²) in [7, 11) is 0. The minimum Gasteiger partial charge on any atom is -0.481 e. The van der Waals surface area contributed by atoms with E-state index in [2.05, 4.69) is 65.6 Å². The number of aliphatic carboxylic acids is 2. The predicted octanol–water partition coefficient (Wildman–Crippen LogP) is 5.16. The van der Waals surface area contributed by atoms with Gasteiger partial charge in [-0.05, 0) is 58.8 Å². The number of benzene rings is 3. The van der Waals surface area contributed by atoms with Crippen LogP contribution < -0.4 is 0 Å². The number of hydrogen-bond donors (Lipinski definition) is 2. The third kappa shape index (κ3) is 3.33. The molecule has 5 nitrogen and oxygen atoms in total. The van der Waals surface area contributed by atoms with E-state index in [0.717, 1.165) is 25.9 Å². The third-order valence-electron chi connectivity index (χ3n) is 9.30. The smallest absolute Gasteiger partial charge is 0.317 e. The van der Waals surface area contributed by atoms with Gasteiger partial charge >= 0.3 is 11.9 Å². The van der Waals surface area contributed by atoms with Crippen molar-refractivity contribution in [3.8, 4) is 0 Å². The Hall–Kier alpha value is -3.44. The monoisotopic (exact) mass is 481 g/mol. The van der Waals surface area contributed by atoms with Crippen molar-refractivity contribution < 1.29 is 19.8 Å². The second-order valence-electron chi connectivity index (χ2n) is 10.9. The molecule has 4 unspecified atom stereocenters. The Morgan fingerprint density at radius 3 is 2.22 bits per heavy atom. The Morgan fingerprint density at radius 2 is 1.53 bits per heavy atom. The van der Waals surface area contributed by atoms with E-state index < -0.39 is 23.3 Å². The summed E-state index contributed by atoms with van der Waals surface area (Å²) in [5.41, 5.74) is 4.40. The van der Waals surface area contributed by atoms with Gasteiger partial charge < -0.3 is 10.2 Å². The first kappa shape index (κ1) is 23.0. The molecule has 7 rings (SSSR count). The highest BCUT2D eigenvalue weighted by Gasteiger charge is 2.67. The summed E-state index contributed by atoms with van der Waals surface area (Å²) in [4.78, 5) is 26.8. The summed E-state index contributed by atoms with van der Waals surface area (Å²) in [6.07, 6.45) is 2.09. The van der Waals surface area contributed by atoms with E-state index in [1.807, 2.05) is 24.3 Å². The van der Waals surface area contributed by atoms with Crippen molar-refractivity contribution >= 4 is 11.9 Å². The molecule has 1 saturated carbocycles. The number of fused-ring (bicyclic) bond motifs is 1. The van der Waals surface area contributed by atoms with Crippen LogP contribution in [0.4, 0.5) is 0 Å². The Bertz CT molecular complexity index is 1280. The number of likely N-dealkylation sites (tertiary alicyclic amines) is 1. The van der Waals surface area contributed by atoms with E-state index in [-0.39, 0.29) is 23.7 Å². The highest BCUT2D eigenvalue weighted by Crippen LogP contribution is 2.70. The summed E-state index contributed by atoms with van der Waals surface area (Å²) in [6.45, 7) is 2.30. The molecule has 0 amide bonds. The van der Waals surface area contributed by atoms with Gasteiger partial charge in [0.05, 0.1) is 0 Å². The molecule has 0 spiro atoms. The molecule has 2 bridgehead atoms. The van der Waals surface area contributed by atoms with Crippen LogP contribution in [0.1, 0.15) is 47.4 Å². The predicted molar refractivity (Wildman–Crippen MR) is 137 cm³/mol. The number of hydrogen-bond acceptors (Lipinski definition) is 3. The molecule has 3 aliphatic carbocycles. The van der Waals surface area contributed by atoms with Gasteiger partial charge in [-0.3, -0.25) is 14.5 Å². The van der Waals surface area contributed by atoms with Crippen LogP contribution in [0, 0.1) is 17.3 Å². The average molecular weight is 482 g/mol. The fourth-order valence-corrected chi connectivity index (χ4v) is 8.07. The van der Waals surface area contributed by atoms with E-state index in [1.165, 1.54) is 22.3 Å². The fourth-order valence-electron chi connectivity index (χ4n) is 8.07. The van der Waals surface area contributed by atoms with Gasteiger partial charge in [-0.15, -0.1) is 0 Å². The van der Waals surface area contributed by atoms with Crippen LogP contribution in [-0.2, 0) is 21.5 Å². The zero-order valence-electron chi connectivity index (χ0n) is 20.2. The normalized spacial score (nSPS) is 28.6. The van der Waals surface area contributed by atoms with Gasteiger partial charge in [0.15, 0.2) is 5.92 Å². The maximum atomic E-state index is 12.2. The molecule has 184 valence electrons. The summed E-state index contributed by atoms with van der Waals surface area (Å²) in [5, 5.41) is 19.9. The minimum atomic E-state index is -1.41. The molecule has 3 aromatic carbocycles. The van der Waals surface area contributed by atoms with Gasteiger partial charge in [-0.2, -0.15) is 0 Å². The lowest BCUT2D eigenvalue weighted by atomic mass is 9.41. The molecule has 1 saturated heterocycles. The van der Waals surface area contributed by atoms with E-state index in [1.54, 1.807) is 0 Å². The lowest BCUT2D eigenvalue weighted by Gasteiger charge is -2.61. The molecular weight excluding hydrogens is 450 g/mol. The Labute approximate surface area is 211 Å². The lowest BCUT2D eigenvalue weighted by Crippen LogP contribution is -2.58. The van der Waals surface area contributed by atoms with Crippen LogP contribution >= 0.6 is 0 Å². The average Bonchev–Trinajstić information content (AvgIpc) is 3.28. The molecule has 1 aliphatic heterocycles. The maximum Gasteiger partial charge on any atom is 0.317 e. The van der Waals surface area contributed by atoms with Crippen LogP contribution in [0.2, 0.25) is 0 Å². The van der Waals surface area contributed by atoms with Crippen LogP contribution in [0.5, 0.6) is 0 Å². The highest BCUT2D eigenvalue weighted by atomic mass is 16.4. The summed E-state index contributed by atoms with van der Waals surface area (Å²) in [5.74, 6) is -3.61. The highest BCUT2D eigenvalue weighted by molar-refractivity contribution is 5.93. The molecule has 1 heterocycles. The van der Waals surface area contributed by atoms with Crippen molar-refractivity contribution in [1.29, 1.82) is 0 Å². The van der Waals surface area contributed by atoms with Crippen LogP contribution in [0.3, 0.4) is 0 Å². The van der Waals surface area contributed by atoms with Crippen molar-refractivity contribution in [2.24, 2.45) is 17.3 Å². The third-order valence-corrected chi connectivity index (χ3v) is 9.30. The summed E-state index contributed by atoms with van der Waals surface area (Å²) < 4.78 is 0. The molecule has 3 aromatic rings. The Morgan fingerprint density at radius 1 is 0.889 bits per heavy atom. The quantitative estimate of drug-likeness (QED) is 0.456. The molecule has 0 radical (unpaired) electrons. The molecule has 2 fully saturated rings. The van der Waals surface area contributed by atoms with E-state index in [9.17, 15) is 19.8 Å². The van der Waals surface area contributed by atoms with E-state index >= 15 is 0 Å². The second kappa shape index (κ2) is 8.59. The van der Waals surface area contributed by atoms with Crippen molar-refractivity contribution in [2.75, 3.05) is 13.1 Å². The van der Waals surface area contributed by atoms with Gasteiger partial charge in [0, 0.05) is 25.0 Å². The van der Waals surface area contributed by atoms with Crippen molar-refractivity contribution in [3.05, 3.63) is 107 Å². The second-order valence-corrected chi connectivity index (χ2v) is 10.9. The zero-order valence-corrected chi connectivity index (χ0v) is 20.2. The van der Waals surface area contributed by atoms with Crippen LogP contribution in [0.15, 0.2) is 84.9 Å². The van der Waals surface area contributed by atoms with Gasteiger partial charge in [0.2, 0.25) is 0 Å². The first-order chi connectivity index (χ1) is 17.5. The number of rotatable bonds is 7. The summed E-state index contributed by atoms with van der Waals surface area (Å²) in [6, 6.07) is 29.6. The molecule has 2 N–H and O–H groups in total. The largest absolute Gasteiger partial charge is 0.481 e. The molecular formula is C31H31NO4. The van der Waals surface area contributed by atoms with E-state index in [0.29, 0.717) is 6.54 Å².